The molecule has 1 fully saturated rings. The minimum atomic E-state index is -0.233. The Labute approximate surface area is 180 Å². The molecule has 8 heteroatoms. The summed E-state index contributed by atoms with van der Waals surface area (Å²) < 4.78 is 23.3. The summed E-state index contributed by atoms with van der Waals surface area (Å²) in [7, 11) is 1.57. The van der Waals surface area contributed by atoms with Crippen LogP contribution >= 0.6 is 0 Å². The number of ether oxygens (including phenoxy) is 1. The molecule has 31 heavy (non-hydrogen) atoms. The van der Waals surface area contributed by atoms with Crippen molar-refractivity contribution in [2.45, 2.75) is 32.5 Å². The van der Waals surface area contributed by atoms with Crippen molar-refractivity contribution >= 4 is 23.0 Å². The van der Waals surface area contributed by atoms with Crippen LogP contribution in [0.4, 0.5) is 4.39 Å². The number of piperazine rings is 1. The molecule has 1 amide bonds. The Bertz CT molecular complexity index is 1100. The molecule has 162 valence electrons. The van der Waals surface area contributed by atoms with Gasteiger partial charge in [-0.25, -0.2) is 9.02 Å². The van der Waals surface area contributed by atoms with Gasteiger partial charge in [0.15, 0.2) is 0 Å². The number of carbonyl (C=O) groups excluding carboxylic acids is 1. The highest BCUT2D eigenvalue weighted by molar-refractivity contribution is 5.93. The first-order valence-corrected chi connectivity index (χ1v) is 10.2. The molecular formula is C23H25FN4O3. The summed E-state index contributed by atoms with van der Waals surface area (Å²) in [4.78, 5) is 17.1. The van der Waals surface area contributed by atoms with Crippen molar-refractivity contribution in [3.05, 3.63) is 59.4 Å². The third kappa shape index (κ3) is 4.59. The van der Waals surface area contributed by atoms with Crippen molar-refractivity contribution in [2.24, 2.45) is 0 Å². The van der Waals surface area contributed by atoms with Gasteiger partial charge in [-0.1, -0.05) is 12.1 Å². The van der Waals surface area contributed by atoms with Gasteiger partial charge in [0.25, 0.3) is 0 Å². The fourth-order valence-electron chi connectivity index (χ4n) is 3.94. The molecular weight excluding hydrogens is 399 g/mol. The first-order valence-electron chi connectivity index (χ1n) is 10.2. The molecule has 2 heterocycles. The van der Waals surface area contributed by atoms with E-state index in [0.29, 0.717) is 23.3 Å². The second-order valence-corrected chi connectivity index (χ2v) is 7.92. The van der Waals surface area contributed by atoms with Crippen LogP contribution in [0.1, 0.15) is 25.0 Å². The number of rotatable bonds is 5. The number of hydrogen-bond acceptors (Lipinski definition) is 6. The molecule has 1 aliphatic heterocycles. The van der Waals surface area contributed by atoms with Gasteiger partial charge in [0.05, 0.1) is 7.11 Å². The van der Waals surface area contributed by atoms with E-state index in [0.717, 1.165) is 24.2 Å². The lowest BCUT2D eigenvalue weighted by Gasteiger charge is -2.44. The number of carbonyl (C=O) groups is 1. The SMILES string of the molecule is COc1cc2nonc2cc1C=CC(=O)N1C[C@@H](C)N(Cc2ccc(F)cc2)C[C@@H]1C. The van der Waals surface area contributed by atoms with Crippen molar-refractivity contribution in [1.82, 2.24) is 20.1 Å². The molecule has 0 N–H and O–H groups in total. The summed E-state index contributed by atoms with van der Waals surface area (Å²) in [5, 5.41) is 7.65. The van der Waals surface area contributed by atoms with Crippen molar-refractivity contribution in [3.63, 3.8) is 0 Å². The van der Waals surface area contributed by atoms with Gasteiger partial charge in [-0.2, -0.15) is 0 Å². The highest BCUT2D eigenvalue weighted by Gasteiger charge is 2.31. The van der Waals surface area contributed by atoms with E-state index in [-0.39, 0.29) is 23.8 Å². The molecule has 0 bridgehead atoms. The molecule has 3 aromatic rings. The Balaban J connectivity index is 1.44. The summed E-state index contributed by atoms with van der Waals surface area (Å²) in [6, 6.07) is 10.3. The van der Waals surface area contributed by atoms with Gasteiger partial charge in [0, 0.05) is 49.4 Å². The Morgan fingerprint density at radius 2 is 1.87 bits per heavy atom. The predicted molar refractivity (Wildman–Crippen MR) is 115 cm³/mol. The fraction of sp³-hybridized carbons (Fsp3) is 0.348. The average Bonchev–Trinajstić information content (AvgIpc) is 3.22. The number of halogens is 1. The van der Waals surface area contributed by atoms with Crippen LogP contribution in [0.2, 0.25) is 0 Å². The van der Waals surface area contributed by atoms with E-state index in [4.69, 9.17) is 9.37 Å². The maximum Gasteiger partial charge on any atom is 0.246 e. The van der Waals surface area contributed by atoms with E-state index >= 15 is 0 Å². The number of methoxy groups -OCH3 is 1. The molecule has 0 unspecified atom stereocenters. The zero-order chi connectivity index (χ0) is 22.0. The summed E-state index contributed by atoms with van der Waals surface area (Å²) in [6.07, 6.45) is 3.30. The first-order chi connectivity index (χ1) is 14.9. The van der Waals surface area contributed by atoms with Crippen LogP contribution in [-0.2, 0) is 11.3 Å². The van der Waals surface area contributed by atoms with Crippen LogP contribution in [0, 0.1) is 5.82 Å². The van der Waals surface area contributed by atoms with Crippen LogP contribution in [0.15, 0.2) is 47.1 Å². The van der Waals surface area contributed by atoms with E-state index < -0.39 is 0 Å². The standard InChI is InChI=1S/C23H25FN4O3/c1-15-13-28(16(2)12-27(15)14-17-4-7-19(24)8-5-17)23(29)9-6-18-10-20-21(26-31-25-20)11-22(18)30-3/h4-11,15-16H,12-14H2,1-3H3/t15-,16+/m1/s1. The van der Waals surface area contributed by atoms with Gasteiger partial charge >= 0.3 is 0 Å². The minimum absolute atomic E-state index is 0.0536. The topological polar surface area (TPSA) is 71.7 Å². The number of hydrogen-bond donors (Lipinski definition) is 0. The largest absolute Gasteiger partial charge is 0.496 e. The second kappa shape index (κ2) is 8.85. The molecule has 1 aliphatic rings. The molecule has 0 spiro atoms. The van der Waals surface area contributed by atoms with Gasteiger partial charge in [0.2, 0.25) is 5.91 Å². The molecule has 0 aliphatic carbocycles. The molecule has 4 rings (SSSR count). The number of nitrogens with zero attached hydrogens (tertiary/aromatic N) is 4. The zero-order valence-electron chi connectivity index (χ0n) is 17.8. The molecule has 2 atom stereocenters. The third-order valence-corrected chi connectivity index (χ3v) is 5.71. The van der Waals surface area contributed by atoms with Gasteiger partial charge in [0.1, 0.15) is 22.6 Å². The molecule has 7 nitrogen and oxygen atoms in total. The lowest BCUT2D eigenvalue weighted by Crippen LogP contribution is -2.57. The summed E-state index contributed by atoms with van der Waals surface area (Å²) in [5.74, 6) is 0.307. The van der Waals surface area contributed by atoms with Gasteiger partial charge in [-0.05, 0) is 54.0 Å². The quantitative estimate of drug-likeness (QED) is 0.584. The van der Waals surface area contributed by atoms with Crippen molar-refractivity contribution in [1.29, 1.82) is 0 Å². The lowest BCUT2D eigenvalue weighted by molar-refractivity contribution is -0.131. The monoisotopic (exact) mass is 424 g/mol. The van der Waals surface area contributed by atoms with E-state index in [1.807, 2.05) is 24.0 Å². The van der Waals surface area contributed by atoms with E-state index in [1.165, 1.54) is 12.1 Å². The van der Waals surface area contributed by atoms with Crippen LogP contribution in [0.25, 0.3) is 17.1 Å². The highest BCUT2D eigenvalue weighted by atomic mass is 19.1. The third-order valence-electron chi connectivity index (χ3n) is 5.71. The van der Waals surface area contributed by atoms with Crippen molar-refractivity contribution in [2.75, 3.05) is 20.2 Å². The number of fused-ring (bicyclic) bond motifs is 1. The van der Waals surface area contributed by atoms with E-state index in [9.17, 15) is 9.18 Å². The number of aromatic nitrogens is 2. The lowest BCUT2D eigenvalue weighted by atomic mass is 10.1. The number of benzene rings is 2. The van der Waals surface area contributed by atoms with E-state index in [1.54, 1.807) is 31.4 Å². The Kier molecular flexibility index (Phi) is 5.99. The Hall–Kier alpha value is -3.26. The smallest absolute Gasteiger partial charge is 0.246 e. The number of amides is 1. The second-order valence-electron chi connectivity index (χ2n) is 7.92. The first kappa shape index (κ1) is 21.0. The molecule has 0 radical (unpaired) electrons. The summed E-state index contributed by atoms with van der Waals surface area (Å²) in [5.41, 5.74) is 2.99. The van der Waals surface area contributed by atoms with Crippen molar-refractivity contribution in [3.8, 4) is 5.75 Å². The van der Waals surface area contributed by atoms with E-state index in [2.05, 4.69) is 22.1 Å². The van der Waals surface area contributed by atoms with Crippen LogP contribution in [-0.4, -0.2) is 58.3 Å². The minimum Gasteiger partial charge on any atom is -0.496 e. The average molecular weight is 424 g/mol. The Morgan fingerprint density at radius 1 is 1.16 bits per heavy atom. The maximum atomic E-state index is 13.2. The molecule has 0 saturated carbocycles. The molecule has 1 aromatic heterocycles. The summed E-state index contributed by atoms with van der Waals surface area (Å²) >= 11 is 0. The molecule has 2 aromatic carbocycles. The zero-order valence-corrected chi connectivity index (χ0v) is 17.8. The van der Waals surface area contributed by atoms with Crippen LogP contribution in [0.5, 0.6) is 5.75 Å². The van der Waals surface area contributed by atoms with Gasteiger partial charge < -0.3 is 9.64 Å². The highest BCUT2D eigenvalue weighted by Crippen LogP contribution is 2.25. The van der Waals surface area contributed by atoms with Crippen molar-refractivity contribution < 1.29 is 18.6 Å². The summed E-state index contributed by atoms with van der Waals surface area (Å²) in [6.45, 7) is 6.25. The van der Waals surface area contributed by atoms with Gasteiger partial charge in [-0.15, -0.1) is 0 Å². The van der Waals surface area contributed by atoms with Crippen LogP contribution in [0.3, 0.4) is 0 Å². The maximum absolute atomic E-state index is 13.2. The molecule has 1 saturated heterocycles. The predicted octanol–water partition coefficient (Wildman–Crippen LogP) is 3.51. The van der Waals surface area contributed by atoms with Gasteiger partial charge in [-0.3, -0.25) is 9.69 Å². The Morgan fingerprint density at radius 3 is 2.58 bits per heavy atom. The normalized spacial score (nSPS) is 19.9. The fourth-order valence-corrected chi connectivity index (χ4v) is 3.94. The van der Waals surface area contributed by atoms with Crippen LogP contribution < -0.4 is 4.74 Å².